The molecule has 0 radical (unpaired) electrons. The van der Waals surface area contributed by atoms with Crippen LogP contribution in [0.4, 0.5) is 4.79 Å². The Morgan fingerprint density at radius 2 is 1.67 bits per heavy atom. The molecule has 2 spiro atoms. The normalized spacial score (nSPS) is 24.1. The molecular weight excluding hydrogens is 818 g/mol. The minimum atomic E-state index is -0.671. The van der Waals surface area contributed by atoms with E-state index in [1.54, 1.807) is 11.0 Å². The first-order valence-corrected chi connectivity index (χ1v) is 23.5. The van der Waals surface area contributed by atoms with Crippen molar-refractivity contribution in [3.8, 4) is 11.4 Å². The summed E-state index contributed by atoms with van der Waals surface area (Å²) in [5, 5.41) is 3.33. The van der Waals surface area contributed by atoms with Gasteiger partial charge in [0.2, 0.25) is 11.8 Å². The van der Waals surface area contributed by atoms with Crippen LogP contribution in [0.1, 0.15) is 121 Å². The summed E-state index contributed by atoms with van der Waals surface area (Å²) in [6.07, 6.45) is 9.69. The van der Waals surface area contributed by atoms with E-state index in [1.165, 1.54) is 17.5 Å². The number of carbonyl (C=O) groups excluding carboxylic acids is 4. The van der Waals surface area contributed by atoms with Gasteiger partial charge >= 0.3 is 6.03 Å². The highest BCUT2D eigenvalue weighted by Crippen LogP contribution is 2.53. The number of carbonyl (C=O) groups is 4. The van der Waals surface area contributed by atoms with Crippen LogP contribution in [0.2, 0.25) is 5.02 Å². The molecule has 1 saturated carbocycles. The lowest BCUT2D eigenvalue weighted by molar-refractivity contribution is -0.136. The van der Waals surface area contributed by atoms with Crippen molar-refractivity contribution in [3.05, 3.63) is 97.0 Å². The highest BCUT2D eigenvalue weighted by Gasteiger charge is 2.51. The number of hydrogen-bond donors (Lipinski definition) is 1. The van der Waals surface area contributed by atoms with E-state index in [0.717, 1.165) is 117 Å². The van der Waals surface area contributed by atoms with Gasteiger partial charge in [0.1, 0.15) is 17.6 Å². The van der Waals surface area contributed by atoms with Crippen LogP contribution in [0, 0.1) is 6.92 Å². The van der Waals surface area contributed by atoms with Gasteiger partial charge in [-0.05, 0) is 106 Å². The summed E-state index contributed by atoms with van der Waals surface area (Å²) in [5.74, 6) is 1.20. The third kappa shape index (κ3) is 5.83. The number of aryl methyl sites for hydroxylation is 1. The van der Waals surface area contributed by atoms with Crippen LogP contribution in [0.15, 0.2) is 47.3 Å². The molecule has 14 heteroatoms. The Hall–Kier alpha value is -5.27. The van der Waals surface area contributed by atoms with Crippen molar-refractivity contribution < 1.29 is 23.9 Å². The van der Waals surface area contributed by atoms with Crippen molar-refractivity contribution in [2.24, 2.45) is 0 Å². The predicted octanol–water partition coefficient (Wildman–Crippen LogP) is 6.08. The lowest BCUT2D eigenvalue weighted by Gasteiger charge is -2.49. The van der Waals surface area contributed by atoms with Gasteiger partial charge in [-0.15, -0.1) is 0 Å². The molecule has 13 nitrogen and oxygen atoms in total. The molecule has 1 aromatic heterocycles. The van der Waals surface area contributed by atoms with Gasteiger partial charge < -0.3 is 19.4 Å². The number of nitrogens with zero attached hydrogens (tertiary/aromatic N) is 6. The van der Waals surface area contributed by atoms with Crippen LogP contribution in [0.25, 0.3) is 16.6 Å². The van der Waals surface area contributed by atoms with Crippen LogP contribution in [-0.4, -0.2) is 111 Å². The number of halogens is 1. The summed E-state index contributed by atoms with van der Waals surface area (Å²) < 4.78 is 8.64. The standard InChI is InChI=1S/C49H52ClN7O6/c1-28-22-34-42(32-26-56(45(61)40(28)32)38-10-11-39(58)51-43(38)59)63-27-48(34)16-20-54(21-17-48)47(62)55-24-31(25-55)53-18-12-29(13-19-53)30-8-9-36-33(23-30)49(14-3-2-4-15-49)46-52-44(60)41-35(50)6-5-7-37(41)57(36)46/h5-9,22-23,29,31,38H,2-4,10-21,24-27H2,1H3,(H,51,58,59)/t38-/m0/s1. The number of imide groups is 1. The number of piperidine rings is 3. The smallest absolute Gasteiger partial charge is 0.320 e. The molecule has 326 valence electrons. The first-order valence-electron chi connectivity index (χ1n) is 23.1. The summed E-state index contributed by atoms with van der Waals surface area (Å²) in [7, 11) is 0. The SMILES string of the molecule is Cc1cc2c(c3c1C(=O)N([C@H]1CCC(=O)NC1=O)C3)OCC21CCN(C(=O)N2CC(N3CCC(c4ccc5c(c4)C4(CCCCC4)c4nc(=O)c6c(Cl)cccc6n4-5)CC3)C2)CC1. The van der Waals surface area contributed by atoms with E-state index >= 15 is 0 Å². The average Bonchev–Trinajstić information content (AvgIpc) is 3.88. The number of urea groups is 1. The number of nitrogens with one attached hydrogen (secondary N) is 1. The number of amides is 5. The van der Waals surface area contributed by atoms with Crippen molar-refractivity contribution in [1.29, 1.82) is 0 Å². The van der Waals surface area contributed by atoms with Crippen molar-refractivity contribution in [2.75, 3.05) is 45.9 Å². The number of likely N-dealkylation sites (tertiary alicyclic amines) is 3. The molecule has 1 N–H and O–H groups in total. The molecule has 5 amide bonds. The highest BCUT2D eigenvalue weighted by molar-refractivity contribution is 6.35. The van der Waals surface area contributed by atoms with Gasteiger partial charge in [0.05, 0.1) is 45.7 Å². The zero-order valence-corrected chi connectivity index (χ0v) is 36.5. The van der Waals surface area contributed by atoms with Gasteiger partial charge in [0.25, 0.3) is 11.5 Å². The Labute approximate surface area is 370 Å². The second-order valence-electron chi connectivity index (χ2n) is 19.7. The minimum absolute atomic E-state index is 0.119. The first-order chi connectivity index (χ1) is 30.5. The zero-order valence-electron chi connectivity index (χ0n) is 35.7. The van der Waals surface area contributed by atoms with E-state index in [-0.39, 0.29) is 40.7 Å². The minimum Gasteiger partial charge on any atom is -0.492 e. The maximum absolute atomic E-state index is 13.9. The van der Waals surface area contributed by atoms with Crippen molar-refractivity contribution in [1.82, 2.24) is 34.5 Å². The topological polar surface area (TPSA) is 137 Å². The Morgan fingerprint density at radius 1 is 0.889 bits per heavy atom. The fourth-order valence-electron chi connectivity index (χ4n) is 12.9. The Bertz CT molecular complexity index is 2720. The van der Waals surface area contributed by atoms with E-state index in [4.69, 9.17) is 21.3 Å². The molecule has 8 aliphatic rings. The first kappa shape index (κ1) is 39.3. The van der Waals surface area contributed by atoms with E-state index in [0.29, 0.717) is 60.6 Å². The second-order valence-corrected chi connectivity index (χ2v) is 20.1. The van der Waals surface area contributed by atoms with Gasteiger partial charge in [-0.1, -0.05) is 55.1 Å². The van der Waals surface area contributed by atoms with Crippen LogP contribution in [0.3, 0.4) is 0 Å². The van der Waals surface area contributed by atoms with E-state index < -0.39 is 11.9 Å². The van der Waals surface area contributed by atoms with Gasteiger partial charge in [-0.3, -0.25) is 34.0 Å². The predicted molar refractivity (Wildman–Crippen MR) is 236 cm³/mol. The van der Waals surface area contributed by atoms with E-state index in [2.05, 4.69) is 39.0 Å². The summed E-state index contributed by atoms with van der Waals surface area (Å²) in [6, 6.07) is 14.6. The third-order valence-electron chi connectivity index (χ3n) is 16.4. The van der Waals surface area contributed by atoms with Gasteiger partial charge in [0.15, 0.2) is 0 Å². The summed E-state index contributed by atoms with van der Waals surface area (Å²) in [6.45, 7) is 7.57. The Kier molecular flexibility index (Phi) is 8.97. The molecule has 4 aromatic rings. The second kappa shape index (κ2) is 14.4. The van der Waals surface area contributed by atoms with E-state index in [1.807, 2.05) is 28.9 Å². The maximum atomic E-state index is 13.9. The quantitative estimate of drug-likeness (QED) is 0.245. The van der Waals surface area contributed by atoms with Crippen LogP contribution in [-0.2, 0) is 27.0 Å². The fourth-order valence-corrected chi connectivity index (χ4v) is 13.2. The molecule has 3 aromatic carbocycles. The lowest BCUT2D eigenvalue weighted by Crippen LogP contribution is -2.65. The van der Waals surface area contributed by atoms with Gasteiger partial charge in [0, 0.05) is 55.2 Å². The molecular formula is C49H52ClN7O6. The Morgan fingerprint density at radius 3 is 2.43 bits per heavy atom. The zero-order chi connectivity index (χ0) is 42.9. The third-order valence-corrected chi connectivity index (χ3v) is 16.8. The van der Waals surface area contributed by atoms with Crippen molar-refractivity contribution in [2.45, 2.75) is 113 Å². The highest BCUT2D eigenvalue weighted by atomic mass is 35.5. The van der Waals surface area contributed by atoms with Gasteiger partial charge in [-0.2, -0.15) is 4.98 Å². The van der Waals surface area contributed by atoms with Crippen LogP contribution < -0.4 is 15.6 Å². The molecule has 1 atom stereocenters. The van der Waals surface area contributed by atoms with Gasteiger partial charge in [-0.25, -0.2) is 4.79 Å². The molecule has 63 heavy (non-hydrogen) atoms. The fraction of sp³-hybridized carbons (Fsp3) is 0.510. The maximum Gasteiger partial charge on any atom is 0.320 e. The number of rotatable bonds is 3. The molecule has 5 fully saturated rings. The number of fused-ring (bicyclic) bond motifs is 11. The number of hydrogen-bond acceptors (Lipinski definition) is 8. The monoisotopic (exact) mass is 869 g/mol. The van der Waals surface area contributed by atoms with E-state index in [9.17, 15) is 24.0 Å². The van der Waals surface area contributed by atoms with Crippen molar-refractivity contribution in [3.63, 3.8) is 0 Å². The number of aromatic nitrogens is 2. The molecule has 4 saturated heterocycles. The summed E-state index contributed by atoms with van der Waals surface area (Å²) in [4.78, 5) is 78.4. The van der Waals surface area contributed by atoms with Crippen LogP contribution in [0.5, 0.6) is 5.75 Å². The summed E-state index contributed by atoms with van der Waals surface area (Å²) in [5.41, 5.74) is 7.40. The average molecular weight is 870 g/mol. The largest absolute Gasteiger partial charge is 0.492 e. The summed E-state index contributed by atoms with van der Waals surface area (Å²) >= 11 is 6.58. The molecule has 8 heterocycles. The molecule has 7 aliphatic heterocycles. The Balaban J connectivity index is 0.680. The number of benzene rings is 3. The van der Waals surface area contributed by atoms with Crippen molar-refractivity contribution >= 4 is 46.3 Å². The molecule has 12 rings (SSSR count). The molecule has 0 unspecified atom stereocenters. The van der Waals surface area contributed by atoms with Crippen LogP contribution >= 0.6 is 11.6 Å². The molecule has 0 bridgehead atoms. The lowest BCUT2D eigenvalue weighted by atomic mass is 9.69. The number of ether oxygens (including phenoxy) is 1. The molecule has 1 aliphatic carbocycles.